The third-order valence-corrected chi connectivity index (χ3v) is 4.29. The highest BCUT2D eigenvalue weighted by Crippen LogP contribution is 2.35. The van der Waals surface area contributed by atoms with E-state index in [9.17, 15) is 4.79 Å². The summed E-state index contributed by atoms with van der Waals surface area (Å²) in [6.45, 7) is 3.11. The molecule has 2 rings (SSSR count). The summed E-state index contributed by atoms with van der Waals surface area (Å²) in [5, 5.41) is 2.91. The van der Waals surface area contributed by atoms with E-state index >= 15 is 0 Å². The molecule has 23 heavy (non-hydrogen) atoms. The number of amides is 1. The summed E-state index contributed by atoms with van der Waals surface area (Å²) < 4.78 is 15.9. The SMILES string of the molecule is COCCOc1ccc(NC(=O)C2(OC)CCCC(C)C2)cn1. The first-order valence-electron chi connectivity index (χ1n) is 8.04. The highest BCUT2D eigenvalue weighted by atomic mass is 16.5. The van der Waals surface area contributed by atoms with Crippen molar-refractivity contribution in [2.24, 2.45) is 5.92 Å². The molecule has 2 unspecified atom stereocenters. The number of anilines is 1. The number of pyridine rings is 1. The van der Waals surface area contributed by atoms with Crippen LogP contribution in [0.1, 0.15) is 32.6 Å². The molecule has 128 valence electrons. The number of aromatic nitrogens is 1. The Balaban J connectivity index is 1.96. The van der Waals surface area contributed by atoms with Crippen LogP contribution in [0.4, 0.5) is 5.69 Å². The number of nitrogens with one attached hydrogen (secondary N) is 1. The quantitative estimate of drug-likeness (QED) is 0.782. The van der Waals surface area contributed by atoms with Gasteiger partial charge in [0.05, 0.1) is 18.5 Å². The van der Waals surface area contributed by atoms with E-state index in [1.54, 1.807) is 32.5 Å². The number of ether oxygens (including phenoxy) is 3. The summed E-state index contributed by atoms with van der Waals surface area (Å²) in [5.41, 5.74) is -0.0885. The molecule has 1 saturated carbocycles. The van der Waals surface area contributed by atoms with Gasteiger partial charge in [0.15, 0.2) is 0 Å². The molecular weight excluding hydrogens is 296 g/mol. The van der Waals surface area contributed by atoms with E-state index in [-0.39, 0.29) is 5.91 Å². The molecule has 6 heteroatoms. The van der Waals surface area contributed by atoms with Crippen LogP contribution in [0.15, 0.2) is 18.3 Å². The zero-order valence-electron chi connectivity index (χ0n) is 14.1. The van der Waals surface area contributed by atoms with Gasteiger partial charge < -0.3 is 19.5 Å². The van der Waals surface area contributed by atoms with Crippen LogP contribution in [0.2, 0.25) is 0 Å². The second kappa shape index (κ2) is 8.26. The van der Waals surface area contributed by atoms with Crippen molar-refractivity contribution in [1.82, 2.24) is 4.98 Å². The smallest absolute Gasteiger partial charge is 0.256 e. The topological polar surface area (TPSA) is 69.7 Å². The lowest BCUT2D eigenvalue weighted by molar-refractivity contribution is -0.143. The van der Waals surface area contributed by atoms with Crippen molar-refractivity contribution in [2.75, 3.05) is 32.8 Å². The largest absolute Gasteiger partial charge is 0.475 e. The molecule has 0 radical (unpaired) electrons. The predicted molar refractivity (Wildman–Crippen MR) is 87.6 cm³/mol. The van der Waals surface area contributed by atoms with Gasteiger partial charge in [0.1, 0.15) is 12.2 Å². The van der Waals surface area contributed by atoms with E-state index in [2.05, 4.69) is 17.2 Å². The van der Waals surface area contributed by atoms with Crippen molar-refractivity contribution in [3.63, 3.8) is 0 Å². The monoisotopic (exact) mass is 322 g/mol. The van der Waals surface area contributed by atoms with E-state index in [1.807, 2.05) is 0 Å². The number of carbonyl (C=O) groups excluding carboxylic acids is 1. The van der Waals surface area contributed by atoms with E-state index in [1.165, 1.54) is 0 Å². The van der Waals surface area contributed by atoms with Crippen LogP contribution in [-0.2, 0) is 14.3 Å². The van der Waals surface area contributed by atoms with E-state index in [4.69, 9.17) is 14.2 Å². The van der Waals surface area contributed by atoms with Gasteiger partial charge in [-0.3, -0.25) is 4.79 Å². The van der Waals surface area contributed by atoms with Crippen molar-refractivity contribution in [1.29, 1.82) is 0 Å². The Labute approximate surface area is 137 Å². The lowest BCUT2D eigenvalue weighted by Crippen LogP contribution is -2.47. The molecule has 0 aliphatic heterocycles. The number of hydrogen-bond acceptors (Lipinski definition) is 5. The van der Waals surface area contributed by atoms with E-state index in [0.717, 1.165) is 25.7 Å². The summed E-state index contributed by atoms with van der Waals surface area (Å²) in [6, 6.07) is 3.51. The van der Waals surface area contributed by atoms with Crippen LogP contribution in [0, 0.1) is 5.92 Å². The number of rotatable bonds is 7. The first kappa shape index (κ1) is 17.7. The van der Waals surface area contributed by atoms with Crippen LogP contribution >= 0.6 is 0 Å². The Hall–Kier alpha value is -1.66. The van der Waals surface area contributed by atoms with Gasteiger partial charge in [0.25, 0.3) is 5.91 Å². The Bertz CT molecular complexity index is 506. The minimum atomic E-state index is -0.731. The molecule has 1 aliphatic rings. The van der Waals surface area contributed by atoms with Crippen LogP contribution < -0.4 is 10.1 Å². The average molecular weight is 322 g/mol. The van der Waals surface area contributed by atoms with Crippen molar-refractivity contribution >= 4 is 11.6 Å². The zero-order valence-corrected chi connectivity index (χ0v) is 14.1. The molecule has 2 atom stereocenters. The molecule has 0 bridgehead atoms. The van der Waals surface area contributed by atoms with Crippen molar-refractivity contribution in [3.05, 3.63) is 18.3 Å². The Kier molecular flexibility index (Phi) is 6.36. The molecule has 6 nitrogen and oxygen atoms in total. The van der Waals surface area contributed by atoms with Crippen LogP contribution in [-0.4, -0.2) is 43.9 Å². The summed E-state index contributed by atoms with van der Waals surface area (Å²) in [4.78, 5) is 16.8. The molecule has 1 N–H and O–H groups in total. The zero-order chi connectivity index (χ0) is 16.7. The summed E-state index contributed by atoms with van der Waals surface area (Å²) >= 11 is 0. The second-order valence-corrected chi connectivity index (χ2v) is 6.08. The van der Waals surface area contributed by atoms with Crippen LogP contribution in [0.5, 0.6) is 5.88 Å². The first-order valence-corrected chi connectivity index (χ1v) is 8.04. The van der Waals surface area contributed by atoms with Gasteiger partial charge in [-0.15, -0.1) is 0 Å². The number of nitrogens with zero attached hydrogens (tertiary/aromatic N) is 1. The molecule has 0 spiro atoms. The number of methoxy groups -OCH3 is 2. The third kappa shape index (κ3) is 4.65. The van der Waals surface area contributed by atoms with Crippen molar-refractivity contribution in [3.8, 4) is 5.88 Å². The Morgan fingerprint density at radius 2 is 2.22 bits per heavy atom. The Morgan fingerprint density at radius 3 is 2.83 bits per heavy atom. The van der Waals surface area contributed by atoms with Crippen LogP contribution in [0.25, 0.3) is 0 Å². The fourth-order valence-electron chi connectivity index (χ4n) is 3.00. The molecule has 0 aromatic carbocycles. The molecule has 1 heterocycles. The molecule has 1 aliphatic carbocycles. The van der Waals surface area contributed by atoms with E-state index in [0.29, 0.717) is 30.7 Å². The second-order valence-electron chi connectivity index (χ2n) is 6.08. The van der Waals surface area contributed by atoms with Gasteiger partial charge in [-0.1, -0.05) is 13.3 Å². The third-order valence-electron chi connectivity index (χ3n) is 4.29. The molecule has 1 aromatic rings. The Morgan fingerprint density at radius 1 is 1.39 bits per heavy atom. The fourth-order valence-corrected chi connectivity index (χ4v) is 3.00. The van der Waals surface area contributed by atoms with Gasteiger partial charge in [-0.05, 0) is 31.2 Å². The van der Waals surface area contributed by atoms with E-state index < -0.39 is 5.60 Å². The summed E-state index contributed by atoms with van der Waals surface area (Å²) in [6.07, 6.45) is 5.25. The normalized spacial score (nSPS) is 24.2. The van der Waals surface area contributed by atoms with Crippen molar-refractivity contribution < 1.29 is 19.0 Å². The highest BCUT2D eigenvalue weighted by molar-refractivity contribution is 5.97. The van der Waals surface area contributed by atoms with Gasteiger partial charge in [0.2, 0.25) is 5.88 Å². The summed E-state index contributed by atoms with van der Waals surface area (Å²) in [7, 11) is 3.23. The maximum absolute atomic E-state index is 12.7. The van der Waals surface area contributed by atoms with Crippen LogP contribution in [0.3, 0.4) is 0 Å². The fraction of sp³-hybridized carbons (Fsp3) is 0.647. The minimum Gasteiger partial charge on any atom is -0.475 e. The maximum Gasteiger partial charge on any atom is 0.256 e. The standard InChI is InChI=1S/C17H26N2O4/c1-13-5-4-8-17(11-13,22-3)16(20)19-14-6-7-15(18-12-14)23-10-9-21-2/h6-7,12-13H,4-5,8-11H2,1-3H3,(H,19,20). The number of hydrogen-bond donors (Lipinski definition) is 1. The summed E-state index contributed by atoms with van der Waals surface area (Å²) in [5.74, 6) is 0.901. The molecule has 1 aromatic heterocycles. The highest BCUT2D eigenvalue weighted by Gasteiger charge is 2.41. The lowest BCUT2D eigenvalue weighted by atomic mass is 9.78. The molecular formula is C17H26N2O4. The van der Waals surface area contributed by atoms with Gasteiger partial charge in [-0.25, -0.2) is 4.98 Å². The first-order chi connectivity index (χ1) is 11.1. The van der Waals surface area contributed by atoms with Crippen molar-refractivity contribution in [2.45, 2.75) is 38.2 Å². The number of carbonyl (C=O) groups is 1. The molecule has 1 amide bonds. The van der Waals surface area contributed by atoms with Gasteiger partial charge >= 0.3 is 0 Å². The van der Waals surface area contributed by atoms with Gasteiger partial charge in [0, 0.05) is 20.3 Å². The molecule has 0 saturated heterocycles. The maximum atomic E-state index is 12.7. The predicted octanol–water partition coefficient (Wildman–Crippen LogP) is 2.64. The minimum absolute atomic E-state index is 0.0959. The van der Waals surface area contributed by atoms with Gasteiger partial charge in [-0.2, -0.15) is 0 Å². The molecule has 1 fully saturated rings. The lowest BCUT2D eigenvalue weighted by Gasteiger charge is -2.37. The average Bonchev–Trinajstić information content (AvgIpc) is 2.56.